The molecular formula is C18H20N2O4. The van der Waals surface area contributed by atoms with E-state index >= 15 is 0 Å². The molecule has 0 radical (unpaired) electrons. The van der Waals surface area contributed by atoms with Crippen molar-refractivity contribution < 1.29 is 14.5 Å². The van der Waals surface area contributed by atoms with E-state index in [1.807, 2.05) is 24.3 Å². The number of amides is 1. The van der Waals surface area contributed by atoms with Crippen molar-refractivity contribution in [3.05, 3.63) is 64.2 Å². The molecule has 1 N–H and O–H groups in total. The Morgan fingerprint density at radius 2 is 1.88 bits per heavy atom. The van der Waals surface area contributed by atoms with E-state index in [9.17, 15) is 14.9 Å². The average molecular weight is 328 g/mol. The molecule has 1 amide bonds. The molecule has 24 heavy (non-hydrogen) atoms. The fourth-order valence-electron chi connectivity index (χ4n) is 2.20. The number of hydrogen-bond donors (Lipinski definition) is 1. The molecule has 0 saturated carbocycles. The molecule has 2 rings (SSSR count). The molecule has 0 fully saturated rings. The molecule has 2 aromatic carbocycles. The van der Waals surface area contributed by atoms with Crippen molar-refractivity contribution in [1.29, 1.82) is 0 Å². The molecule has 6 heteroatoms. The summed E-state index contributed by atoms with van der Waals surface area (Å²) in [4.78, 5) is 22.3. The van der Waals surface area contributed by atoms with Gasteiger partial charge in [-0.15, -0.1) is 0 Å². The van der Waals surface area contributed by atoms with E-state index in [2.05, 4.69) is 19.2 Å². The first-order valence-electron chi connectivity index (χ1n) is 7.77. The van der Waals surface area contributed by atoms with Gasteiger partial charge in [0.05, 0.1) is 4.92 Å². The van der Waals surface area contributed by atoms with Crippen LogP contribution < -0.4 is 10.1 Å². The molecule has 126 valence electrons. The molecule has 0 aromatic heterocycles. The normalized spacial score (nSPS) is 11.6. The van der Waals surface area contributed by atoms with Crippen LogP contribution in [0, 0.1) is 10.1 Å². The smallest absolute Gasteiger partial charge is 0.292 e. The number of para-hydroxylation sites is 2. The number of nitro benzene ring substituents is 1. The van der Waals surface area contributed by atoms with E-state index in [0.29, 0.717) is 11.7 Å². The lowest BCUT2D eigenvalue weighted by Crippen LogP contribution is -2.20. The highest BCUT2D eigenvalue weighted by molar-refractivity contribution is 5.94. The molecule has 0 aliphatic rings. The summed E-state index contributed by atoms with van der Waals surface area (Å²) < 4.78 is 5.43. The maximum absolute atomic E-state index is 11.9. The van der Waals surface area contributed by atoms with Crippen LogP contribution in [0.1, 0.15) is 31.7 Å². The van der Waals surface area contributed by atoms with Crippen LogP contribution in [-0.4, -0.2) is 17.4 Å². The number of hydrogen-bond acceptors (Lipinski definition) is 4. The Labute approximate surface area is 140 Å². The molecule has 0 heterocycles. The van der Waals surface area contributed by atoms with E-state index < -0.39 is 10.8 Å². The van der Waals surface area contributed by atoms with Gasteiger partial charge in [-0.1, -0.05) is 38.1 Å². The second kappa shape index (κ2) is 8.10. The maximum atomic E-state index is 11.9. The highest BCUT2D eigenvalue weighted by Crippen LogP contribution is 2.23. The molecular weight excluding hydrogens is 308 g/mol. The van der Waals surface area contributed by atoms with E-state index in [4.69, 9.17) is 4.74 Å². The molecule has 0 bridgehead atoms. The fraction of sp³-hybridized carbons (Fsp3) is 0.278. The molecule has 1 atom stereocenters. The summed E-state index contributed by atoms with van der Waals surface area (Å²) in [6.45, 7) is 4.06. The molecule has 6 nitrogen and oxygen atoms in total. The Hall–Kier alpha value is -2.89. The van der Waals surface area contributed by atoms with Gasteiger partial charge in [0.2, 0.25) is 0 Å². The Balaban J connectivity index is 1.93. The summed E-state index contributed by atoms with van der Waals surface area (Å²) >= 11 is 0. The lowest BCUT2D eigenvalue weighted by molar-refractivity contribution is -0.383. The average Bonchev–Trinajstić information content (AvgIpc) is 2.60. The summed E-state index contributed by atoms with van der Waals surface area (Å²) in [6.07, 6.45) is 1.05. The third-order valence-corrected chi connectivity index (χ3v) is 3.81. The van der Waals surface area contributed by atoms with Gasteiger partial charge in [-0.2, -0.15) is 0 Å². The van der Waals surface area contributed by atoms with Gasteiger partial charge in [-0.05, 0) is 36.1 Å². The summed E-state index contributed by atoms with van der Waals surface area (Å²) in [6, 6.07) is 13.6. The number of nitrogens with one attached hydrogen (secondary N) is 1. The van der Waals surface area contributed by atoms with Crippen LogP contribution in [0.3, 0.4) is 0 Å². The molecule has 0 saturated heterocycles. The number of anilines is 1. The number of rotatable bonds is 7. The van der Waals surface area contributed by atoms with Gasteiger partial charge in [0.15, 0.2) is 6.61 Å². The van der Waals surface area contributed by atoms with Crippen molar-refractivity contribution in [2.45, 2.75) is 26.2 Å². The van der Waals surface area contributed by atoms with Crippen LogP contribution in [0.2, 0.25) is 0 Å². The van der Waals surface area contributed by atoms with E-state index in [0.717, 1.165) is 6.42 Å². The molecule has 0 unspecified atom stereocenters. The number of benzene rings is 2. The highest BCUT2D eigenvalue weighted by Gasteiger charge is 2.15. The minimum atomic E-state index is -0.538. The van der Waals surface area contributed by atoms with Gasteiger partial charge in [0.1, 0.15) is 11.4 Å². The zero-order valence-corrected chi connectivity index (χ0v) is 13.7. The van der Waals surface area contributed by atoms with Crippen molar-refractivity contribution in [2.75, 3.05) is 11.9 Å². The summed E-state index contributed by atoms with van der Waals surface area (Å²) in [5, 5.41) is 13.4. The predicted molar refractivity (Wildman–Crippen MR) is 92.4 cm³/mol. The van der Waals surface area contributed by atoms with Gasteiger partial charge in [-0.25, -0.2) is 0 Å². The number of carbonyl (C=O) groups excluding carboxylic acids is 1. The van der Waals surface area contributed by atoms with Crippen LogP contribution in [-0.2, 0) is 4.79 Å². The van der Waals surface area contributed by atoms with Gasteiger partial charge < -0.3 is 10.1 Å². The van der Waals surface area contributed by atoms with Crippen molar-refractivity contribution in [2.24, 2.45) is 0 Å². The quantitative estimate of drug-likeness (QED) is 0.612. The van der Waals surface area contributed by atoms with Gasteiger partial charge >= 0.3 is 0 Å². The van der Waals surface area contributed by atoms with E-state index in [-0.39, 0.29) is 18.0 Å². The Kier molecular flexibility index (Phi) is 5.89. The third-order valence-electron chi connectivity index (χ3n) is 3.81. The zero-order valence-electron chi connectivity index (χ0n) is 13.7. The minimum Gasteiger partial charge on any atom is -0.484 e. The van der Waals surface area contributed by atoms with Crippen LogP contribution in [0.5, 0.6) is 5.75 Å². The first kappa shape index (κ1) is 17.5. The van der Waals surface area contributed by atoms with Crippen molar-refractivity contribution in [3.8, 4) is 5.75 Å². The maximum Gasteiger partial charge on any atom is 0.292 e. The van der Waals surface area contributed by atoms with Crippen molar-refractivity contribution in [3.63, 3.8) is 0 Å². The summed E-state index contributed by atoms with van der Waals surface area (Å²) in [7, 11) is 0. The Bertz CT molecular complexity index is 713. The number of carbonyl (C=O) groups is 1. The topological polar surface area (TPSA) is 81.5 Å². The Morgan fingerprint density at radius 3 is 2.50 bits per heavy atom. The number of nitro groups is 1. The number of ether oxygens (including phenoxy) is 1. The number of nitrogens with zero attached hydrogens (tertiary/aromatic N) is 1. The standard InChI is InChI=1S/C18H20N2O4/c1-3-13(2)14-8-10-15(11-9-14)24-12-18(21)19-16-6-4-5-7-17(16)20(22)23/h4-11,13H,3,12H2,1-2H3,(H,19,21)/t13-/m1/s1. The third kappa shape index (κ3) is 4.55. The van der Waals surface area contributed by atoms with Crippen LogP contribution in [0.15, 0.2) is 48.5 Å². The predicted octanol–water partition coefficient (Wildman–Crippen LogP) is 4.13. The van der Waals surface area contributed by atoms with Gasteiger partial charge in [0.25, 0.3) is 11.6 Å². The second-order valence-corrected chi connectivity index (χ2v) is 5.49. The molecule has 0 spiro atoms. The first-order chi connectivity index (χ1) is 11.5. The fourth-order valence-corrected chi connectivity index (χ4v) is 2.20. The van der Waals surface area contributed by atoms with Crippen molar-refractivity contribution >= 4 is 17.3 Å². The van der Waals surface area contributed by atoms with Crippen LogP contribution in [0.25, 0.3) is 0 Å². The largest absolute Gasteiger partial charge is 0.484 e. The van der Waals surface area contributed by atoms with E-state index in [1.165, 1.54) is 17.7 Å². The zero-order chi connectivity index (χ0) is 17.5. The van der Waals surface area contributed by atoms with Gasteiger partial charge in [0, 0.05) is 6.07 Å². The lowest BCUT2D eigenvalue weighted by Gasteiger charge is -2.11. The minimum absolute atomic E-state index is 0.149. The highest BCUT2D eigenvalue weighted by atomic mass is 16.6. The molecule has 0 aliphatic heterocycles. The molecule has 2 aromatic rings. The summed E-state index contributed by atoms with van der Waals surface area (Å²) in [5.41, 5.74) is 1.22. The Morgan fingerprint density at radius 1 is 1.21 bits per heavy atom. The van der Waals surface area contributed by atoms with E-state index in [1.54, 1.807) is 12.1 Å². The van der Waals surface area contributed by atoms with Crippen molar-refractivity contribution in [1.82, 2.24) is 0 Å². The lowest BCUT2D eigenvalue weighted by atomic mass is 9.99. The SMILES string of the molecule is CC[C@@H](C)c1ccc(OCC(=O)Nc2ccccc2[N+](=O)[O-])cc1. The monoisotopic (exact) mass is 328 g/mol. The first-order valence-corrected chi connectivity index (χ1v) is 7.77. The van der Waals surface area contributed by atoms with Gasteiger partial charge in [-0.3, -0.25) is 14.9 Å². The summed E-state index contributed by atoms with van der Waals surface area (Å²) in [5.74, 6) is 0.607. The molecule has 0 aliphatic carbocycles. The second-order valence-electron chi connectivity index (χ2n) is 5.49. The van der Waals surface area contributed by atoms with Crippen LogP contribution >= 0.6 is 0 Å². The van der Waals surface area contributed by atoms with Crippen LogP contribution in [0.4, 0.5) is 11.4 Å².